The summed E-state index contributed by atoms with van der Waals surface area (Å²) < 4.78 is 0. The van der Waals surface area contributed by atoms with Gasteiger partial charge in [-0.15, -0.1) is 0 Å². The highest BCUT2D eigenvalue weighted by molar-refractivity contribution is 5.86. The fraction of sp³-hybridized carbons (Fsp3) is 0.333. The minimum atomic E-state index is -1.47. The minimum Gasteiger partial charge on any atom is -0.481 e. The van der Waals surface area contributed by atoms with Gasteiger partial charge in [0.1, 0.15) is 6.04 Å². The second kappa shape index (κ2) is 7.07. The van der Waals surface area contributed by atoms with Crippen LogP contribution in [0.4, 0.5) is 4.79 Å². The molecule has 8 nitrogen and oxygen atoms in total. The molecule has 0 spiro atoms. The van der Waals surface area contributed by atoms with Gasteiger partial charge in [0.05, 0.1) is 6.42 Å². The maximum Gasteiger partial charge on any atom is 0.326 e. The lowest BCUT2D eigenvalue weighted by molar-refractivity contribution is -0.145. The molecule has 108 valence electrons. The van der Waals surface area contributed by atoms with Crippen LogP contribution in [0.1, 0.15) is 17.5 Å². The Balaban J connectivity index is 2.52. The minimum absolute atomic E-state index is 0.172. The summed E-state index contributed by atoms with van der Waals surface area (Å²) in [6, 6.07) is -0.441. The zero-order chi connectivity index (χ0) is 15.1. The van der Waals surface area contributed by atoms with Crippen LogP contribution in [0.3, 0.4) is 0 Å². The molecule has 1 rings (SSSR count). The molecule has 0 aliphatic rings. The smallest absolute Gasteiger partial charge is 0.326 e. The number of carboxylic acids is 2. The van der Waals surface area contributed by atoms with E-state index in [1.165, 1.54) is 0 Å². The van der Waals surface area contributed by atoms with E-state index >= 15 is 0 Å². The first-order valence-electron chi connectivity index (χ1n) is 5.78. The number of carboxylic acid groups (broad SMARTS) is 2. The molecular weight excluding hydrogens is 266 g/mol. The van der Waals surface area contributed by atoms with Crippen LogP contribution in [-0.4, -0.2) is 39.2 Å². The third kappa shape index (κ3) is 4.92. The number of aromatic nitrogens is 1. The summed E-state index contributed by atoms with van der Waals surface area (Å²) >= 11 is 0. The van der Waals surface area contributed by atoms with Crippen LogP contribution in [-0.2, 0) is 16.1 Å². The Labute approximate surface area is 114 Å². The Morgan fingerprint density at radius 3 is 2.60 bits per heavy atom. The maximum atomic E-state index is 11.5. The zero-order valence-electron chi connectivity index (χ0n) is 10.8. The van der Waals surface area contributed by atoms with Crippen molar-refractivity contribution in [3.8, 4) is 0 Å². The van der Waals surface area contributed by atoms with Crippen LogP contribution in [0.2, 0.25) is 0 Å². The van der Waals surface area contributed by atoms with Crippen molar-refractivity contribution in [1.29, 1.82) is 0 Å². The van der Waals surface area contributed by atoms with E-state index in [2.05, 4.69) is 15.6 Å². The predicted molar refractivity (Wildman–Crippen MR) is 68.0 cm³/mol. The topological polar surface area (TPSA) is 129 Å². The Kier molecular flexibility index (Phi) is 5.45. The number of aryl methyl sites for hydroxylation is 1. The molecule has 0 unspecified atom stereocenters. The second-order valence-corrected chi connectivity index (χ2v) is 4.12. The van der Waals surface area contributed by atoms with Crippen molar-refractivity contribution >= 4 is 18.0 Å². The number of carbonyl (C=O) groups excluding carboxylic acids is 1. The van der Waals surface area contributed by atoms with Crippen LogP contribution >= 0.6 is 0 Å². The van der Waals surface area contributed by atoms with Crippen LogP contribution in [0.15, 0.2) is 18.5 Å². The fourth-order valence-electron chi connectivity index (χ4n) is 1.44. The average molecular weight is 281 g/mol. The lowest BCUT2D eigenvalue weighted by atomic mass is 10.1. The molecule has 0 radical (unpaired) electrons. The van der Waals surface area contributed by atoms with E-state index < -0.39 is 30.4 Å². The number of nitrogens with zero attached hydrogens (tertiary/aromatic N) is 1. The molecule has 0 aliphatic heterocycles. The molecular formula is C12H15N3O5. The third-order valence-electron chi connectivity index (χ3n) is 2.57. The molecule has 1 aromatic heterocycles. The maximum absolute atomic E-state index is 11.5. The standard InChI is InChI=1S/C12H15N3O5/c1-7-2-3-13-5-8(7)6-14-12(20)15-9(11(18)19)4-10(16)17/h2-3,5,9H,4,6H2,1H3,(H,16,17)(H,18,19)(H2,14,15,20)/t9-/m1/s1. The van der Waals surface area contributed by atoms with Crippen molar-refractivity contribution in [2.75, 3.05) is 0 Å². The molecule has 2 amide bonds. The summed E-state index contributed by atoms with van der Waals surface area (Å²) in [4.78, 5) is 36.7. The first-order valence-corrected chi connectivity index (χ1v) is 5.78. The zero-order valence-corrected chi connectivity index (χ0v) is 10.8. The Bertz CT molecular complexity index is 518. The number of hydrogen-bond donors (Lipinski definition) is 4. The summed E-state index contributed by atoms with van der Waals surface area (Å²) in [5.41, 5.74) is 1.72. The quantitative estimate of drug-likeness (QED) is 0.586. The fourth-order valence-corrected chi connectivity index (χ4v) is 1.44. The molecule has 4 N–H and O–H groups in total. The van der Waals surface area contributed by atoms with Gasteiger partial charge in [0.2, 0.25) is 0 Å². The largest absolute Gasteiger partial charge is 0.481 e. The van der Waals surface area contributed by atoms with Crippen LogP contribution < -0.4 is 10.6 Å². The van der Waals surface area contributed by atoms with Crippen molar-refractivity contribution in [2.24, 2.45) is 0 Å². The highest BCUT2D eigenvalue weighted by Crippen LogP contribution is 2.03. The van der Waals surface area contributed by atoms with Gasteiger partial charge >= 0.3 is 18.0 Å². The monoisotopic (exact) mass is 281 g/mol. The number of hydrogen-bond acceptors (Lipinski definition) is 4. The van der Waals surface area contributed by atoms with Crippen molar-refractivity contribution < 1.29 is 24.6 Å². The number of nitrogens with one attached hydrogen (secondary N) is 2. The summed E-state index contributed by atoms with van der Waals surface area (Å²) in [7, 11) is 0. The van der Waals surface area contributed by atoms with Gasteiger partial charge in [0.15, 0.2) is 0 Å². The molecule has 0 aromatic carbocycles. The number of pyridine rings is 1. The number of aliphatic carboxylic acids is 2. The van der Waals surface area contributed by atoms with Crippen molar-refractivity contribution in [3.63, 3.8) is 0 Å². The molecule has 1 heterocycles. The van der Waals surface area contributed by atoms with Crippen molar-refractivity contribution in [3.05, 3.63) is 29.6 Å². The lowest BCUT2D eigenvalue weighted by Gasteiger charge is -2.13. The summed E-state index contributed by atoms with van der Waals surface area (Å²) in [5, 5.41) is 21.9. The van der Waals surface area contributed by atoms with Gasteiger partial charge in [-0.2, -0.15) is 0 Å². The molecule has 20 heavy (non-hydrogen) atoms. The van der Waals surface area contributed by atoms with Crippen molar-refractivity contribution in [1.82, 2.24) is 15.6 Å². The normalized spacial score (nSPS) is 11.4. The number of rotatable bonds is 6. The first kappa shape index (κ1) is 15.4. The van der Waals surface area contributed by atoms with E-state index in [4.69, 9.17) is 10.2 Å². The Morgan fingerprint density at radius 2 is 2.05 bits per heavy atom. The SMILES string of the molecule is Cc1ccncc1CNC(=O)N[C@H](CC(=O)O)C(=O)O. The summed E-state index contributed by atoms with van der Waals surface area (Å²) in [6.45, 7) is 2.02. The van der Waals surface area contributed by atoms with Gasteiger partial charge in [0.25, 0.3) is 0 Å². The van der Waals surface area contributed by atoms with E-state index in [0.717, 1.165) is 11.1 Å². The third-order valence-corrected chi connectivity index (χ3v) is 2.57. The van der Waals surface area contributed by atoms with Gasteiger partial charge < -0.3 is 20.8 Å². The van der Waals surface area contributed by atoms with Gasteiger partial charge in [-0.3, -0.25) is 9.78 Å². The van der Waals surface area contributed by atoms with Crippen LogP contribution in [0, 0.1) is 6.92 Å². The molecule has 8 heteroatoms. The van der Waals surface area contributed by atoms with Gasteiger partial charge in [-0.1, -0.05) is 0 Å². The molecule has 1 aromatic rings. The van der Waals surface area contributed by atoms with Gasteiger partial charge in [0, 0.05) is 18.9 Å². The van der Waals surface area contributed by atoms with Crippen molar-refractivity contribution in [2.45, 2.75) is 25.9 Å². The Hall–Kier alpha value is -2.64. The lowest BCUT2D eigenvalue weighted by Crippen LogP contribution is -2.46. The van der Waals surface area contributed by atoms with Crippen LogP contribution in [0.25, 0.3) is 0 Å². The summed E-state index contributed by atoms with van der Waals surface area (Å²) in [6.07, 6.45) is 2.52. The highest BCUT2D eigenvalue weighted by Gasteiger charge is 2.22. The molecule has 0 saturated carbocycles. The number of urea groups is 1. The Morgan fingerprint density at radius 1 is 1.35 bits per heavy atom. The van der Waals surface area contributed by atoms with E-state index in [0.29, 0.717) is 0 Å². The van der Waals surface area contributed by atoms with Gasteiger partial charge in [-0.25, -0.2) is 9.59 Å². The highest BCUT2D eigenvalue weighted by atomic mass is 16.4. The first-order chi connectivity index (χ1) is 9.40. The molecule has 0 saturated heterocycles. The predicted octanol–water partition coefficient (Wildman–Crippen LogP) is 0.117. The van der Waals surface area contributed by atoms with Gasteiger partial charge in [-0.05, 0) is 24.1 Å². The van der Waals surface area contributed by atoms with E-state index in [1.54, 1.807) is 18.5 Å². The molecule has 0 bridgehead atoms. The van der Waals surface area contributed by atoms with E-state index in [9.17, 15) is 14.4 Å². The molecule has 1 atom stereocenters. The van der Waals surface area contributed by atoms with E-state index in [1.807, 2.05) is 6.92 Å². The van der Waals surface area contributed by atoms with Crippen LogP contribution in [0.5, 0.6) is 0 Å². The average Bonchev–Trinajstić information content (AvgIpc) is 2.36. The molecule has 0 fully saturated rings. The van der Waals surface area contributed by atoms with E-state index in [-0.39, 0.29) is 6.54 Å². The summed E-state index contributed by atoms with van der Waals surface area (Å²) in [5.74, 6) is -2.71. The second-order valence-electron chi connectivity index (χ2n) is 4.12. The molecule has 0 aliphatic carbocycles. The number of carbonyl (C=O) groups is 3. The number of amides is 2.